The van der Waals surface area contributed by atoms with Gasteiger partial charge in [-0.1, -0.05) is 0 Å². The predicted octanol–water partition coefficient (Wildman–Crippen LogP) is -8.57. The van der Waals surface area contributed by atoms with Gasteiger partial charge < -0.3 is 37.2 Å². The molecule has 0 aliphatic rings. The van der Waals surface area contributed by atoms with E-state index in [2.05, 4.69) is 13.2 Å². The zero-order valence-electron chi connectivity index (χ0n) is 3.26. The van der Waals surface area contributed by atoms with Crippen LogP contribution in [0.1, 0.15) is 0 Å². The first-order chi connectivity index (χ1) is 1.00. The van der Waals surface area contributed by atoms with E-state index in [0.29, 0.717) is 0 Å². The quantitative estimate of drug-likeness (QED) is 0.253. The summed E-state index contributed by atoms with van der Waals surface area (Å²) >= 11 is 0. The van der Waals surface area contributed by atoms with Gasteiger partial charge in [-0.2, -0.15) is 0 Å². The van der Waals surface area contributed by atoms with Gasteiger partial charge >= 0.3 is 37.7 Å². The van der Waals surface area contributed by atoms with Crippen molar-refractivity contribution in [3.05, 3.63) is 13.2 Å². The van der Waals surface area contributed by atoms with E-state index < -0.39 is 0 Å². The van der Waals surface area contributed by atoms with Crippen molar-refractivity contribution in [2.24, 2.45) is 0 Å². The van der Waals surface area contributed by atoms with Crippen LogP contribution < -0.4 is 37.2 Å². The normalized spacial score (nSPS) is 0.667. The van der Waals surface area contributed by atoms with Gasteiger partial charge in [-0.25, -0.2) is 0 Å². The summed E-state index contributed by atoms with van der Waals surface area (Å²) < 4.78 is 0. The summed E-state index contributed by atoms with van der Waals surface area (Å²) in [6.07, 6.45) is 0. The van der Waals surface area contributed by atoms with E-state index in [0.717, 1.165) is 0 Å². The van der Waals surface area contributed by atoms with Crippen molar-refractivity contribution in [1.82, 2.24) is 0 Å². The number of halogens is 3. The van der Waals surface area contributed by atoms with Gasteiger partial charge in [0.1, 0.15) is 0 Å². The first-order valence-corrected chi connectivity index (χ1v) is 0.500. The Kier molecular flexibility index (Phi) is 509. The Labute approximate surface area is 87.0 Å². The molecular formula is C2H4CaCl3-. The molecular weight excluding hydrogens is 170 g/mol. The molecule has 0 unspecified atom stereocenters. The van der Waals surface area contributed by atoms with E-state index in [-0.39, 0.29) is 75.0 Å². The van der Waals surface area contributed by atoms with E-state index in [1.165, 1.54) is 0 Å². The molecule has 0 N–H and O–H groups in total. The summed E-state index contributed by atoms with van der Waals surface area (Å²) in [7, 11) is 0. The van der Waals surface area contributed by atoms with Crippen molar-refractivity contribution >= 4 is 37.7 Å². The van der Waals surface area contributed by atoms with Crippen LogP contribution in [-0.2, 0) is 0 Å². The van der Waals surface area contributed by atoms with Gasteiger partial charge in [0.15, 0.2) is 0 Å². The second-order valence-corrected chi connectivity index (χ2v) is 0. The third kappa shape index (κ3) is 39.8. The second kappa shape index (κ2) is 67.7. The Hall–Kier alpha value is 1.87. The first kappa shape index (κ1) is 45.1. The van der Waals surface area contributed by atoms with Gasteiger partial charge in [-0.05, 0) is 0 Å². The molecule has 0 fully saturated rings. The summed E-state index contributed by atoms with van der Waals surface area (Å²) in [6, 6.07) is 0. The minimum atomic E-state index is 0. The van der Waals surface area contributed by atoms with E-state index >= 15 is 0 Å². The van der Waals surface area contributed by atoms with Crippen LogP contribution in [0.25, 0.3) is 0 Å². The second-order valence-electron chi connectivity index (χ2n) is 0. The summed E-state index contributed by atoms with van der Waals surface area (Å²) in [5, 5.41) is 0. The SMILES string of the molecule is C=C.[Ca+2].[Cl-].[Cl-].[Cl-]. The third-order valence-electron chi connectivity index (χ3n) is 0. The maximum Gasteiger partial charge on any atom is 2.00 e. The monoisotopic (exact) mass is 173 g/mol. The molecule has 0 radical (unpaired) electrons. The fraction of sp³-hybridized carbons (Fsp3) is 0. The number of hydrogen-bond acceptors (Lipinski definition) is 0. The minimum absolute atomic E-state index is 0. The Bertz CT molecular complexity index is 8.75. The summed E-state index contributed by atoms with van der Waals surface area (Å²) in [5.41, 5.74) is 0. The molecule has 0 aromatic heterocycles. The van der Waals surface area contributed by atoms with Crippen LogP contribution in [0.5, 0.6) is 0 Å². The molecule has 4 heteroatoms. The minimum Gasteiger partial charge on any atom is -1.00 e. The molecule has 0 heterocycles. The van der Waals surface area contributed by atoms with Crippen LogP contribution in [0.4, 0.5) is 0 Å². The molecule has 0 aliphatic heterocycles. The van der Waals surface area contributed by atoms with Crippen molar-refractivity contribution in [3.63, 3.8) is 0 Å². The molecule has 36 valence electrons. The molecule has 0 nitrogen and oxygen atoms in total. The van der Waals surface area contributed by atoms with Crippen LogP contribution in [0, 0.1) is 0 Å². The van der Waals surface area contributed by atoms with E-state index in [1.54, 1.807) is 0 Å². The molecule has 0 saturated carbocycles. The van der Waals surface area contributed by atoms with Gasteiger partial charge in [-0.3, -0.25) is 0 Å². The van der Waals surface area contributed by atoms with E-state index in [1.807, 2.05) is 0 Å². The molecule has 0 aromatic rings. The topological polar surface area (TPSA) is 0 Å². The number of rotatable bonds is 0. The maximum absolute atomic E-state index is 3.00. The predicted molar refractivity (Wildman–Crippen MR) is 17.0 cm³/mol. The van der Waals surface area contributed by atoms with Crippen molar-refractivity contribution in [1.29, 1.82) is 0 Å². The Morgan fingerprint density at radius 2 is 0.667 bits per heavy atom. The zero-order valence-corrected chi connectivity index (χ0v) is 7.73. The molecule has 0 saturated heterocycles. The van der Waals surface area contributed by atoms with Gasteiger partial charge in [-0.15, -0.1) is 13.2 Å². The maximum atomic E-state index is 3.00. The Morgan fingerprint density at radius 3 is 0.667 bits per heavy atom. The smallest absolute Gasteiger partial charge is 1.00 e. The van der Waals surface area contributed by atoms with Crippen LogP contribution in [0.2, 0.25) is 0 Å². The fourth-order valence-electron chi connectivity index (χ4n) is 0. The van der Waals surface area contributed by atoms with Crippen LogP contribution >= 0.6 is 0 Å². The molecule has 0 aliphatic carbocycles. The molecule has 0 amide bonds. The van der Waals surface area contributed by atoms with Gasteiger partial charge in [0, 0.05) is 0 Å². The molecule has 0 bridgehead atoms. The van der Waals surface area contributed by atoms with E-state index in [4.69, 9.17) is 0 Å². The van der Waals surface area contributed by atoms with Crippen molar-refractivity contribution in [3.8, 4) is 0 Å². The average Bonchev–Trinajstić information content (AvgIpc) is 1.00. The Balaban J connectivity index is -0.000000000833. The summed E-state index contributed by atoms with van der Waals surface area (Å²) in [4.78, 5) is 0. The van der Waals surface area contributed by atoms with Crippen LogP contribution in [0.3, 0.4) is 0 Å². The zero-order chi connectivity index (χ0) is 2.00. The summed E-state index contributed by atoms with van der Waals surface area (Å²) in [6.45, 7) is 6.00. The molecule has 0 spiro atoms. The molecule has 0 aromatic carbocycles. The number of hydrogen-bond donors (Lipinski definition) is 0. The molecule has 6 heavy (non-hydrogen) atoms. The van der Waals surface area contributed by atoms with Crippen molar-refractivity contribution in [2.45, 2.75) is 0 Å². The summed E-state index contributed by atoms with van der Waals surface area (Å²) in [5.74, 6) is 0. The standard InChI is InChI=1S/C2H4.Ca.3ClH/c1-2;;;;/h1-2H2;;3*1H/q;+2;;;/p-3. The van der Waals surface area contributed by atoms with Crippen LogP contribution in [0.15, 0.2) is 13.2 Å². The fourth-order valence-corrected chi connectivity index (χ4v) is 0. The van der Waals surface area contributed by atoms with Crippen LogP contribution in [-0.4, -0.2) is 37.7 Å². The van der Waals surface area contributed by atoms with Crippen molar-refractivity contribution in [2.75, 3.05) is 0 Å². The van der Waals surface area contributed by atoms with Gasteiger partial charge in [0.05, 0.1) is 0 Å². The van der Waals surface area contributed by atoms with Crippen molar-refractivity contribution < 1.29 is 37.2 Å². The van der Waals surface area contributed by atoms with E-state index in [9.17, 15) is 0 Å². The van der Waals surface area contributed by atoms with Gasteiger partial charge in [0.2, 0.25) is 0 Å². The average molecular weight is 174 g/mol. The third-order valence-corrected chi connectivity index (χ3v) is 0. The molecule has 0 rings (SSSR count). The van der Waals surface area contributed by atoms with Gasteiger partial charge in [0.25, 0.3) is 0 Å². The Morgan fingerprint density at radius 1 is 0.667 bits per heavy atom. The molecule has 0 atom stereocenters. The largest absolute Gasteiger partial charge is 2.00 e. The first-order valence-electron chi connectivity index (χ1n) is 0.500.